The quantitative estimate of drug-likeness (QED) is 0.740. The van der Waals surface area contributed by atoms with Gasteiger partial charge in [-0.05, 0) is 31.2 Å². The average Bonchev–Trinajstić information content (AvgIpc) is 2.71. The highest BCUT2D eigenvalue weighted by Crippen LogP contribution is 2.34. The Morgan fingerprint density at radius 2 is 1.76 bits per heavy atom. The predicted molar refractivity (Wildman–Crippen MR) is 111 cm³/mol. The van der Waals surface area contributed by atoms with Crippen LogP contribution in [0.15, 0.2) is 30.3 Å². The third kappa shape index (κ3) is 4.86. The van der Waals surface area contributed by atoms with Gasteiger partial charge in [0.1, 0.15) is 19.8 Å². The summed E-state index contributed by atoms with van der Waals surface area (Å²) in [6.07, 6.45) is 0. The highest BCUT2D eigenvalue weighted by Gasteiger charge is 2.21. The molecule has 2 aromatic carbocycles. The van der Waals surface area contributed by atoms with E-state index in [1.54, 1.807) is 25.1 Å². The molecule has 0 saturated heterocycles. The Morgan fingerprint density at radius 3 is 2.38 bits per heavy atom. The Kier molecular flexibility index (Phi) is 6.71. The number of nitrogens with zero attached hydrogens (tertiary/aromatic N) is 1. The lowest BCUT2D eigenvalue weighted by Crippen LogP contribution is -2.37. The number of hydrogen-bond acceptors (Lipinski definition) is 5. The van der Waals surface area contributed by atoms with E-state index in [2.05, 4.69) is 5.32 Å². The molecule has 9 heteroatoms. The van der Waals surface area contributed by atoms with Crippen LogP contribution in [0.2, 0.25) is 10.0 Å². The smallest absolute Gasteiger partial charge is 0.254 e. The molecule has 0 atom stereocenters. The van der Waals surface area contributed by atoms with Gasteiger partial charge in [-0.3, -0.25) is 9.59 Å². The minimum Gasteiger partial charge on any atom is -0.494 e. The maximum absolute atomic E-state index is 12.8. The van der Waals surface area contributed by atoms with Crippen LogP contribution >= 0.6 is 23.2 Å². The molecule has 0 spiro atoms. The van der Waals surface area contributed by atoms with E-state index in [-0.39, 0.29) is 34.0 Å². The van der Waals surface area contributed by atoms with Crippen LogP contribution in [0.3, 0.4) is 0 Å². The fourth-order valence-corrected chi connectivity index (χ4v) is 3.52. The zero-order chi connectivity index (χ0) is 21.0. The van der Waals surface area contributed by atoms with Crippen LogP contribution < -0.4 is 19.5 Å². The van der Waals surface area contributed by atoms with E-state index in [1.807, 2.05) is 0 Å². The summed E-state index contributed by atoms with van der Waals surface area (Å²) in [6, 6.07) is 8.07. The van der Waals surface area contributed by atoms with Gasteiger partial charge in [0, 0.05) is 23.9 Å². The summed E-state index contributed by atoms with van der Waals surface area (Å²) in [5.74, 6) is 0.788. The van der Waals surface area contributed by atoms with Gasteiger partial charge in [0.05, 0.1) is 17.2 Å². The SMILES string of the molecule is CCN(CC(=O)Nc1ccc2c(c1)OCCO2)C(=O)c1cc(Cl)c(OC)c(Cl)c1. The van der Waals surface area contributed by atoms with E-state index < -0.39 is 0 Å². The minimum atomic E-state index is -0.365. The zero-order valence-corrected chi connectivity index (χ0v) is 17.5. The van der Waals surface area contributed by atoms with Crippen molar-refractivity contribution in [3.05, 3.63) is 45.9 Å². The Hall–Kier alpha value is -2.64. The first-order valence-corrected chi connectivity index (χ1v) is 9.70. The number of fused-ring (bicyclic) bond motifs is 1. The van der Waals surface area contributed by atoms with E-state index in [1.165, 1.54) is 24.1 Å². The second-order valence-corrected chi connectivity index (χ2v) is 7.01. The fourth-order valence-electron chi connectivity index (χ4n) is 2.88. The zero-order valence-electron chi connectivity index (χ0n) is 16.0. The van der Waals surface area contributed by atoms with Crippen LogP contribution in [0, 0.1) is 0 Å². The van der Waals surface area contributed by atoms with E-state index in [0.29, 0.717) is 42.7 Å². The molecule has 0 bridgehead atoms. The molecular weight excluding hydrogens is 419 g/mol. The number of benzene rings is 2. The van der Waals surface area contributed by atoms with Crippen molar-refractivity contribution in [1.29, 1.82) is 0 Å². The topological polar surface area (TPSA) is 77.1 Å². The standard InChI is InChI=1S/C20H20Cl2N2O5/c1-3-24(20(26)12-8-14(21)19(27-2)15(22)9-12)11-18(25)23-13-4-5-16-17(10-13)29-7-6-28-16/h4-5,8-10H,3,6-7,11H2,1-2H3,(H,23,25). The first-order valence-electron chi connectivity index (χ1n) is 8.94. The molecule has 2 aromatic rings. The summed E-state index contributed by atoms with van der Waals surface area (Å²) in [6.45, 7) is 2.92. The Bertz CT molecular complexity index is 912. The molecule has 0 aromatic heterocycles. The number of hydrogen-bond donors (Lipinski definition) is 1. The molecule has 0 radical (unpaired) electrons. The number of carbonyl (C=O) groups is 2. The van der Waals surface area contributed by atoms with Crippen molar-refractivity contribution in [3.63, 3.8) is 0 Å². The van der Waals surface area contributed by atoms with Crippen molar-refractivity contribution in [2.45, 2.75) is 6.92 Å². The number of nitrogens with one attached hydrogen (secondary N) is 1. The number of halogens is 2. The lowest BCUT2D eigenvalue weighted by molar-refractivity contribution is -0.116. The Balaban J connectivity index is 1.69. The Morgan fingerprint density at radius 1 is 1.10 bits per heavy atom. The molecule has 3 rings (SSSR count). The van der Waals surface area contributed by atoms with Crippen molar-refractivity contribution in [1.82, 2.24) is 4.90 Å². The van der Waals surface area contributed by atoms with Crippen LogP contribution in [0.4, 0.5) is 5.69 Å². The third-order valence-corrected chi connectivity index (χ3v) is 4.84. The summed E-state index contributed by atoms with van der Waals surface area (Å²) < 4.78 is 16.1. The lowest BCUT2D eigenvalue weighted by Gasteiger charge is -2.22. The molecule has 0 saturated carbocycles. The van der Waals surface area contributed by atoms with Crippen molar-refractivity contribution < 1.29 is 23.8 Å². The number of amides is 2. The largest absolute Gasteiger partial charge is 0.494 e. The number of carbonyl (C=O) groups excluding carboxylic acids is 2. The van der Waals surface area contributed by atoms with Gasteiger partial charge in [0.25, 0.3) is 5.91 Å². The van der Waals surface area contributed by atoms with Crippen LogP contribution in [0.5, 0.6) is 17.2 Å². The van der Waals surface area contributed by atoms with Crippen LogP contribution in [0.25, 0.3) is 0 Å². The van der Waals surface area contributed by atoms with Crippen molar-refractivity contribution >= 4 is 40.7 Å². The monoisotopic (exact) mass is 438 g/mol. The van der Waals surface area contributed by atoms with Gasteiger partial charge < -0.3 is 24.4 Å². The molecule has 1 aliphatic heterocycles. The van der Waals surface area contributed by atoms with E-state index in [4.69, 9.17) is 37.4 Å². The second kappa shape index (κ2) is 9.24. The lowest BCUT2D eigenvalue weighted by atomic mass is 10.2. The molecule has 29 heavy (non-hydrogen) atoms. The van der Waals surface area contributed by atoms with Crippen LogP contribution in [-0.2, 0) is 4.79 Å². The number of rotatable bonds is 6. The maximum Gasteiger partial charge on any atom is 0.254 e. The molecule has 0 fully saturated rings. The molecule has 154 valence electrons. The minimum absolute atomic E-state index is 0.134. The predicted octanol–water partition coefficient (Wildman–Crippen LogP) is 3.87. The first-order chi connectivity index (χ1) is 13.9. The molecule has 0 unspecified atom stereocenters. The van der Waals surface area contributed by atoms with E-state index >= 15 is 0 Å². The van der Waals surface area contributed by atoms with Gasteiger partial charge in [0.15, 0.2) is 17.2 Å². The van der Waals surface area contributed by atoms with E-state index in [9.17, 15) is 9.59 Å². The van der Waals surface area contributed by atoms with Crippen LogP contribution in [0.1, 0.15) is 17.3 Å². The number of methoxy groups -OCH3 is 1. The Labute approximate surface area is 178 Å². The molecule has 1 aliphatic rings. The van der Waals surface area contributed by atoms with Gasteiger partial charge in [-0.2, -0.15) is 0 Å². The van der Waals surface area contributed by atoms with Gasteiger partial charge in [-0.15, -0.1) is 0 Å². The van der Waals surface area contributed by atoms with Gasteiger partial charge in [-0.25, -0.2) is 0 Å². The molecule has 7 nitrogen and oxygen atoms in total. The maximum atomic E-state index is 12.8. The number of ether oxygens (including phenoxy) is 3. The molecule has 2 amide bonds. The molecular formula is C20H20Cl2N2O5. The highest BCUT2D eigenvalue weighted by atomic mass is 35.5. The van der Waals surface area contributed by atoms with Crippen molar-refractivity contribution in [2.24, 2.45) is 0 Å². The third-order valence-electron chi connectivity index (χ3n) is 4.28. The highest BCUT2D eigenvalue weighted by molar-refractivity contribution is 6.37. The summed E-state index contributed by atoms with van der Waals surface area (Å²) in [5.41, 5.74) is 0.827. The van der Waals surface area contributed by atoms with Crippen molar-refractivity contribution in [2.75, 3.05) is 38.7 Å². The first kappa shape index (κ1) is 21.1. The number of likely N-dealkylation sites (N-methyl/N-ethyl adjacent to an activating group) is 1. The summed E-state index contributed by atoms with van der Waals surface area (Å²) in [5, 5.41) is 3.21. The van der Waals surface area contributed by atoms with E-state index in [0.717, 1.165) is 0 Å². The summed E-state index contributed by atoms with van der Waals surface area (Å²) in [4.78, 5) is 26.7. The summed E-state index contributed by atoms with van der Waals surface area (Å²) in [7, 11) is 1.44. The second-order valence-electron chi connectivity index (χ2n) is 6.20. The van der Waals surface area contributed by atoms with Gasteiger partial charge in [0.2, 0.25) is 5.91 Å². The number of anilines is 1. The fraction of sp³-hybridized carbons (Fsp3) is 0.300. The normalized spacial score (nSPS) is 12.3. The van der Waals surface area contributed by atoms with Crippen molar-refractivity contribution in [3.8, 4) is 17.2 Å². The average molecular weight is 439 g/mol. The summed E-state index contributed by atoms with van der Waals surface area (Å²) >= 11 is 12.2. The molecule has 1 N–H and O–H groups in total. The van der Waals surface area contributed by atoms with Gasteiger partial charge in [-0.1, -0.05) is 23.2 Å². The van der Waals surface area contributed by atoms with Crippen LogP contribution in [-0.4, -0.2) is 50.1 Å². The molecule has 0 aliphatic carbocycles. The molecule has 1 heterocycles. The van der Waals surface area contributed by atoms with Gasteiger partial charge >= 0.3 is 0 Å².